The van der Waals surface area contributed by atoms with Crippen molar-refractivity contribution in [2.75, 3.05) is 17.4 Å². The van der Waals surface area contributed by atoms with E-state index >= 15 is 0 Å². The number of benzene rings is 2. The van der Waals surface area contributed by atoms with Crippen LogP contribution in [-0.2, 0) is 13.9 Å². The topological polar surface area (TPSA) is 200 Å². The number of halogens is 1. The molecule has 16 heteroatoms. The normalized spacial score (nSPS) is 23.1. The predicted octanol–water partition coefficient (Wildman–Crippen LogP) is 3.41. The van der Waals surface area contributed by atoms with Gasteiger partial charge in [0.05, 0.1) is 12.4 Å². The third kappa shape index (κ3) is 5.94. The smallest absolute Gasteiger partial charge is 0.335 e. The van der Waals surface area contributed by atoms with Gasteiger partial charge in [-0.15, -0.1) is 0 Å². The Morgan fingerprint density at radius 2 is 1.73 bits per heavy atom. The number of ether oxygens (including phenoxy) is 1. The minimum atomic E-state index is -4.72. The lowest BCUT2D eigenvalue weighted by molar-refractivity contribution is -0.0354. The number of aromatic nitrogens is 4. The average molecular weight is 612 g/mol. The largest absolute Gasteiger partial charge is 0.388 e. The second-order valence-corrected chi connectivity index (χ2v) is 14.9. The molecular weight excluding hydrogens is 584 g/mol. The van der Waals surface area contributed by atoms with E-state index < -0.39 is 51.6 Å². The quantitative estimate of drug-likeness (QED) is 0.125. The van der Waals surface area contributed by atoms with Crippen molar-refractivity contribution in [1.82, 2.24) is 19.5 Å². The molecule has 2 aromatic carbocycles. The second-order valence-electron chi connectivity index (χ2n) is 9.96. The number of imidazole rings is 1. The van der Waals surface area contributed by atoms with E-state index in [0.717, 1.165) is 27.6 Å². The van der Waals surface area contributed by atoms with Gasteiger partial charge in [0, 0.05) is 11.8 Å². The molecule has 5 rings (SSSR count). The molecule has 40 heavy (non-hydrogen) atoms. The first kappa shape index (κ1) is 29.1. The Morgan fingerprint density at radius 3 is 2.42 bits per heavy atom. The third-order valence-corrected chi connectivity index (χ3v) is 11.3. The highest BCUT2D eigenvalue weighted by molar-refractivity contribution is 7.72. The van der Waals surface area contributed by atoms with Crippen LogP contribution in [0.15, 0.2) is 36.7 Å². The zero-order valence-electron chi connectivity index (χ0n) is 21.4. The molecular formula is C24H28ClN5O8P2. The molecule has 0 saturated carbocycles. The van der Waals surface area contributed by atoms with E-state index in [1.807, 2.05) is 32.0 Å². The average Bonchev–Trinajstić information content (AvgIpc) is 3.39. The molecule has 6 N–H and O–H groups in total. The molecule has 3 heterocycles. The SMILES string of the molecule is Cc1ccc(C)c2cc(Nc3nc(Cl)nc4c3ncn4[C@@H]3O[C@H](CCP(=O)(O)CP(=O)(O)O)C(O)[C@@H]3O)ccc12. The Labute approximate surface area is 233 Å². The van der Waals surface area contributed by atoms with Gasteiger partial charge in [0.2, 0.25) is 12.7 Å². The van der Waals surface area contributed by atoms with Crippen molar-refractivity contribution in [3.8, 4) is 0 Å². The summed E-state index contributed by atoms with van der Waals surface area (Å²) in [4.78, 5) is 40.9. The van der Waals surface area contributed by atoms with Crippen LogP contribution in [0, 0.1) is 13.8 Å². The second kappa shape index (κ2) is 10.8. The number of aryl methyl sites for hydroxylation is 2. The van der Waals surface area contributed by atoms with E-state index in [0.29, 0.717) is 11.3 Å². The summed E-state index contributed by atoms with van der Waals surface area (Å²) in [6, 6.07) is 10.0. The zero-order chi connectivity index (χ0) is 29.0. The summed E-state index contributed by atoms with van der Waals surface area (Å²) in [5, 5.41) is 26.6. The first-order valence-corrected chi connectivity index (χ1v) is 16.5. The van der Waals surface area contributed by atoms with Crippen molar-refractivity contribution in [3.05, 3.63) is 53.1 Å². The van der Waals surface area contributed by atoms with Crippen molar-refractivity contribution >= 4 is 60.0 Å². The van der Waals surface area contributed by atoms with Gasteiger partial charge in [-0.05, 0) is 65.9 Å². The fraction of sp³-hybridized carbons (Fsp3) is 0.375. The van der Waals surface area contributed by atoms with Crippen molar-refractivity contribution < 1.29 is 38.8 Å². The molecule has 5 atom stereocenters. The number of rotatable bonds is 8. The standard InChI is InChI=1S/C24H28ClN5O8P2/c1-12-3-4-13(2)16-9-14(5-6-15(12)16)27-21-18-22(29-24(25)28-21)30(10-26-18)23-20(32)19(31)17(38-23)7-8-39(33,34)11-40(35,36)37/h3-6,9-10,17,19-20,23,31-32H,7-8,11H2,1-2H3,(H,33,34)(H,27,28,29)(H2,35,36,37)/t17-,19?,20+,23-/m1/s1. The Bertz CT molecular complexity index is 1700. The van der Waals surface area contributed by atoms with Crippen LogP contribution in [0.2, 0.25) is 5.28 Å². The minimum Gasteiger partial charge on any atom is -0.388 e. The summed E-state index contributed by atoms with van der Waals surface area (Å²) < 4.78 is 30.5. The lowest BCUT2D eigenvalue weighted by atomic mass is 10.0. The van der Waals surface area contributed by atoms with Gasteiger partial charge in [0.15, 0.2) is 23.2 Å². The third-order valence-electron chi connectivity index (χ3n) is 6.89. The first-order chi connectivity index (χ1) is 18.7. The van der Waals surface area contributed by atoms with Gasteiger partial charge in [-0.2, -0.15) is 9.97 Å². The van der Waals surface area contributed by atoms with E-state index in [2.05, 4.69) is 32.4 Å². The number of hydrogen-bond acceptors (Lipinski definition) is 9. The maximum Gasteiger partial charge on any atom is 0.335 e. The Kier molecular flexibility index (Phi) is 7.82. The number of aliphatic hydroxyl groups excluding tert-OH is 2. The summed E-state index contributed by atoms with van der Waals surface area (Å²) >= 11 is 6.23. The number of hydrogen-bond donors (Lipinski definition) is 6. The van der Waals surface area contributed by atoms with Crippen LogP contribution in [0.1, 0.15) is 23.8 Å². The molecule has 4 aromatic rings. The minimum absolute atomic E-state index is 0.104. The molecule has 0 bridgehead atoms. The van der Waals surface area contributed by atoms with E-state index in [1.54, 1.807) is 0 Å². The summed E-state index contributed by atoms with van der Waals surface area (Å²) in [5.74, 6) is -0.871. The number of nitrogens with one attached hydrogen (secondary N) is 1. The summed E-state index contributed by atoms with van der Waals surface area (Å²) in [5.41, 5.74) is 3.53. The van der Waals surface area contributed by atoms with Crippen LogP contribution in [0.5, 0.6) is 0 Å². The van der Waals surface area contributed by atoms with Gasteiger partial charge in [0.1, 0.15) is 18.1 Å². The number of nitrogens with zero attached hydrogens (tertiary/aromatic N) is 4. The van der Waals surface area contributed by atoms with E-state index in [1.165, 1.54) is 10.9 Å². The number of fused-ring (bicyclic) bond motifs is 2. The van der Waals surface area contributed by atoms with Crippen molar-refractivity contribution in [1.29, 1.82) is 0 Å². The lowest BCUT2D eigenvalue weighted by Gasteiger charge is -2.18. The molecule has 1 saturated heterocycles. The van der Waals surface area contributed by atoms with Gasteiger partial charge in [-0.25, -0.2) is 4.98 Å². The Balaban J connectivity index is 1.41. The summed E-state index contributed by atoms with van der Waals surface area (Å²) in [6.07, 6.45) is -4.56. The predicted molar refractivity (Wildman–Crippen MR) is 149 cm³/mol. The van der Waals surface area contributed by atoms with Crippen LogP contribution in [0.25, 0.3) is 21.9 Å². The molecule has 0 spiro atoms. The molecule has 0 radical (unpaired) electrons. The lowest BCUT2D eigenvalue weighted by Crippen LogP contribution is -2.32. The van der Waals surface area contributed by atoms with Gasteiger partial charge < -0.3 is 34.9 Å². The summed E-state index contributed by atoms with van der Waals surface area (Å²) in [6.45, 7) is 4.07. The highest BCUT2D eigenvalue weighted by Gasteiger charge is 2.45. The maximum atomic E-state index is 12.2. The van der Waals surface area contributed by atoms with Crippen LogP contribution in [-0.4, -0.2) is 74.8 Å². The maximum absolute atomic E-state index is 12.2. The number of aliphatic hydroxyl groups is 2. The van der Waals surface area contributed by atoms with Gasteiger partial charge in [0.25, 0.3) is 0 Å². The first-order valence-electron chi connectivity index (χ1n) is 12.3. The molecule has 2 aromatic heterocycles. The van der Waals surface area contributed by atoms with Crippen molar-refractivity contribution in [3.63, 3.8) is 0 Å². The fourth-order valence-electron chi connectivity index (χ4n) is 4.91. The fourth-order valence-corrected chi connectivity index (χ4v) is 8.60. The van der Waals surface area contributed by atoms with Crippen molar-refractivity contribution in [2.45, 2.75) is 44.8 Å². The van der Waals surface area contributed by atoms with E-state index in [-0.39, 0.29) is 17.4 Å². The van der Waals surface area contributed by atoms with Gasteiger partial charge in [-0.3, -0.25) is 13.7 Å². The van der Waals surface area contributed by atoms with Gasteiger partial charge in [-0.1, -0.05) is 18.2 Å². The molecule has 1 aliphatic heterocycles. The van der Waals surface area contributed by atoms with Crippen LogP contribution in [0.4, 0.5) is 11.5 Å². The Hall–Kier alpha value is -2.44. The van der Waals surface area contributed by atoms with Crippen LogP contribution >= 0.6 is 26.6 Å². The molecule has 2 unspecified atom stereocenters. The van der Waals surface area contributed by atoms with Crippen LogP contribution in [0.3, 0.4) is 0 Å². The molecule has 1 aliphatic rings. The highest BCUT2D eigenvalue weighted by atomic mass is 35.5. The van der Waals surface area contributed by atoms with E-state index in [9.17, 15) is 24.2 Å². The molecule has 1 fully saturated rings. The molecule has 214 valence electrons. The summed E-state index contributed by atoms with van der Waals surface area (Å²) in [7, 11) is -8.92. The zero-order valence-corrected chi connectivity index (χ0v) is 24.0. The molecule has 13 nitrogen and oxygen atoms in total. The number of anilines is 2. The highest BCUT2D eigenvalue weighted by Crippen LogP contribution is 2.55. The molecule has 0 amide bonds. The monoisotopic (exact) mass is 611 g/mol. The molecule has 0 aliphatic carbocycles. The van der Waals surface area contributed by atoms with Crippen molar-refractivity contribution in [2.24, 2.45) is 0 Å². The van der Waals surface area contributed by atoms with Gasteiger partial charge >= 0.3 is 7.60 Å². The van der Waals surface area contributed by atoms with E-state index in [4.69, 9.17) is 26.1 Å². The van der Waals surface area contributed by atoms with Crippen LogP contribution < -0.4 is 5.32 Å². The Morgan fingerprint density at radius 1 is 1.02 bits per heavy atom.